The topological polar surface area (TPSA) is 26.0 Å². The molecular weight excluding hydrogens is 227 g/mol. The van der Waals surface area contributed by atoms with Gasteiger partial charge in [0.05, 0.1) is 5.56 Å². The molecule has 17 heavy (non-hydrogen) atoms. The molecule has 90 valence electrons. The lowest BCUT2D eigenvalue weighted by molar-refractivity contribution is -0.136. The van der Waals surface area contributed by atoms with Crippen molar-refractivity contribution in [2.75, 3.05) is 6.54 Å². The molecule has 0 aliphatic heterocycles. The Balaban J connectivity index is 2.64. The molecule has 2 aromatic carbocycles. The molecule has 1 nitrogen and oxygen atoms in total. The van der Waals surface area contributed by atoms with Gasteiger partial charge in [0.2, 0.25) is 0 Å². The van der Waals surface area contributed by atoms with Crippen molar-refractivity contribution in [2.24, 2.45) is 5.73 Å². The Morgan fingerprint density at radius 1 is 1.06 bits per heavy atom. The monoisotopic (exact) mass is 239 g/mol. The van der Waals surface area contributed by atoms with Crippen LogP contribution in [0.1, 0.15) is 11.1 Å². The molecule has 2 aromatic rings. The smallest absolute Gasteiger partial charge is 0.330 e. The van der Waals surface area contributed by atoms with Gasteiger partial charge >= 0.3 is 6.18 Å². The lowest BCUT2D eigenvalue weighted by Gasteiger charge is -2.11. The summed E-state index contributed by atoms with van der Waals surface area (Å²) in [5.41, 5.74) is 5.65. The number of halogens is 3. The van der Waals surface area contributed by atoms with Crippen LogP contribution in [0.15, 0.2) is 36.4 Å². The second-order valence-electron chi connectivity index (χ2n) is 3.90. The molecule has 0 aliphatic rings. The molecule has 0 unspecified atom stereocenters. The van der Waals surface area contributed by atoms with Crippen molar-refractivity contribution in [2.45, 2.75) is 12.6 Å². The van der Waals surface area contributed by atoms with Crippen LogP contribution in [-0.4, -0.2) is 6.54 Å². The fraction of sp³-hybridized carbons (Fsp3) is 0.231. The highest BCUT2D eigenvalue weighted by Gasteiger charge is 2.32. The van der Waals surface area contributed by atoms with E-state index in [2.05, 4.69) is 0 Å². The molecule has 0 aliphatic carbocycles. The maximum Gasteiger partial charge on any atom is 0.417 e. The van der Waals surface area contributed by atoms with E-state index in [4.69, 9.17) is 5.73 Å². The Kier molecular flexibility index (Phi) is 3.07. The van der Waals surface area contributed by atoms with Gasteiger partial charge in [0.25, 0.3) is 0 Å². The van der Waals surface area contributed by atoms with Crippen LogP contribution in [0.4, 0.5) is 13.2 Å². The van der Waals surface area contributed by atoms with Gasteiger partial charge in [-0.2, -0.15) is 13.2 Å². The number of hydrogen-bond acceptors (Lipinski definition) is 1. The van der Waals surface area contributed by atoms with E-state index < -0.39 is 11.7 Å². The van der Waals surface area contributed by atoms with Gasteiger partial charge in [0, 0.05) is 0 Å². The van der Waals surface area contributed by atoms with E-state index in [-0.39, 0.29) is 5.39 Å². The lowest BCUT2D eigenvalue weighted by atomic mass is 10.0. The van der Waals surface area contributed by atoms with Crippen LogP contribution in [-0.2, 0) is 12.6 Å². The van der Waals surface area contributed by atoms with Crippen molar-refractivity contribution in [3.05, 3.63) is 47.5 Å². The average Bonchev–Trinajstić information content (AvgIpc) is 2.27. The van der Waals surface area contributed by atoms with Crippen LogP contribution >= 0.6 is 0 Å². The molecule has 0 saturated carbocycles. The van der Waals surface area contributed by atoms with Crippen LogP contribution in [0.3, 0.4) is 0 Å². The van der Waals surface area contributed by atoms with E-state index in [1.165, 1.54) is 6.07 Å². The Bertz CT molecular complexity index is 532. The van der Waals surface area contributed by atoms with Gasteiger partial charge in [-0.05, 0) is 35.4 Å². The Hall–Kier alpha value is -1.55. The summed E-state index contributed by atoms with van der Waals surface area (Å²) in [4.78, 5) is 0. The summed E-state index contributed by atoms with van der Waals surface area (Å²) in [6, 6.07) is 9.30. The zero-order valence-electron chi connectivity index (χ0n) is 9.09. The number of rotatable bonds is 2. The molecule has 0 amide bonds. The van der Waals surface area contributed by atoms with Gasteiger partial charge in [0.1, 0.15) is 0 Å². The predicted molar refractivity (Wildman–Crippen MR) is 61.7 cm³/mol. The van der Waals surface area contributed by atoms with E-state index in [1.54, 1.807) is 18.2 Å². The Morgan fingerprint density at radius 3 is 2.47 bits per heavy atom. The average molecular weight is 239 g/mol. The van der Waals surface area contributed by atoms with Crippen molar-refractivity contribution in [1.29, 1.82) is 0 Å². The first-order chi connectivity index (χ1) is 8.02. The van der Waals surface area contributed by atoms with Gasteiger partial charge in [0.15, 0.2) is 0 Å². The van der Waals surface area contributed by atoms with Crippen LogP contribution in [0.25, 0.3) is 10.8 Å². The lowest BCUT2D eigenvalue weighted by Crippen LogP contribution is -2.06. The van der Waals surface area contributed by atoms with Gasteiger partial charge < -0.3 is 5.73 Å². The van der Waals surface area contributed by atoms with Gasteiger partial charge in [-0.25, -0.2) is 0 Å². The fourth-order valence-electron chi connectivity index (χ4n) is 1.89. The molecule has 4 heteroatoms. The molecule has 0 atom stereocenters. The summed E-state index contributed by atoms with van der Waals surface area (Å²) in [6.45, 7) is 0.430. The Morgan fingerprint density at radius 2 is 1.82 bits per heavy atom. The maximum absolute atomic E-state index is 12.8. The van der Waals surface area contributed by atoms with Gasteiger partial charge in [-0.15, -0.1) is 0 Å². The van der Waals surface area contributed by atoms with Crippen molar-refractivity contribution >= 4 is 10.8 Å². The number of alkyl halides is 3. The van der Waals surface area contributed by atoms with Crippen molar-refractivity contribution in [3.8, 4) is 0 Å². The van der Waals surface area contributed by atoms with Gasteiger partial charge in [-0.1, -0.05) is 30.3 Å². The predicted octanol–water partition coefficient (Wildman–Crippen LogP) is 3.36. The van der Waals surface area contributed by atoms with E-state index in [0.717, 1.165) is 11.6 Å². The van der Waals surface area contributed by atoms with Crippen LogP contribution in [0, 0.1) is 0 Å². The van der Waals surface area contributed by atoms with Crippen molar-refractivity contribution < 1.29 is 13.2 Å². The summed E-state index contributed by atoms with van der Waals surface area (Å²) >= 11 is 0. The zero-order valence-corrected chi connectivity index (χ0v) is 9.09. The summed E-state index contributed by atoms with van der Waals surface area (Å²) in [7, 11) is 0. The number of nitrogens with two attached hydrogens (primary N) is 1. The molecule has 0 spiro atoms. The molecular formula is C13H12F3N. The molecule has 0 heterocycles. The standard InChI is InChI=1S/C13H12F3N/c14-13(15,16)12-3-1-2-10-5-4-9(6-7-17)8-11(10)12/h1-5,8H,6-7,17H2. The highest BCUT2D eigenvalue weighted by Crippen LogP contribution is 2.35. The van der Waals surface area contributed by atoms with E-state index in [0.29, 0.717) is 18.4 Å². The summed E-state index contributed by atoms with van der Waals surface area (Å²) in [5, 5.41) is 0.839. The summed E-state index contributed by atoms with van der Waals surface area (Å²) in [5.74, 6) is 0. The minimum Gasteiger partial charge on any atom is -0.330 e. The second kappa shape index (κ2) is 4.37. The van der Waals surface area contributed by atoms with Crippen LogP contribution in [0.5, 0.6) is 0 Å². The number of benzene rings is 2. The summed E-state index contributed by atoms with van der Waals surface area (Å²) in [6.07, 6.45) is -3.73. The normalized spacial score (nSPS) is 12.0. The van der Waals surface area contributed by atoms with Gasteiger partial charge in [-0.3, -0.25) is 0 Å². The quantitative estimate of drug-likeness (QED) is 0.854. The molecule has 2 N–H and O–H groups in total. The van der Waals surface area contributed by atoms with E-state index in [1.807, 2.05) is 6.07 Å². The minimum atomic E-state index is -4.32. The first kappa shape index (κ1) is 11.9. The molecule has 0 bridgehead atoms. The third kappa shape index (κ3) is 2.42. The molecule has 2 rings (SSSR count). The largest absolute Gasteiger partial charge is 0.417 e. The SMILES string of the molecule is NCCc1ccc2cccc(C(F)(F)F)c2c1. The summed E-state index contributed by atoms with van der Waals surface area (Å²) < 4.78 is 38.4. The molecule has 0 radical (unpaired) electrons. The number of fused-ring (bicyclic) bond motifs is 1. The molecule has 0 aromatic heterocycles. The van der Waals surface area contributed by atoms with Crippen LogP contribution in [0.2, 0.25) is 0 Å². The third-order valence-corrected chi connectivity index (χ3v) is 2.68. The van der Waals surface area contributed by atoms with E-state index in [9.17, 15) is 13.2 Å². The van der Waals surface area contributed by atoms with Crippen molar-refractivity contribution in [3.63, 3.8) is 0 Å². The number of hydrogen-bond donors (Lipinski definition) is 1. The fourth-order valence-corrected chi connectivity index (χ4v) is 1.89. The zero-order chi connectivity index (χ0) is 12.5. The Labute approximate surface area is 97.0 Å². The first-order valence-corrected chi connectivity index (χ1v) is 5.31. The highest BCUT2D eigenvalue weighted by atomic mass is 19.4. The third-order valence-electron chi connectivity index (χ3n) is 2.68. The highest BCUT2D eigenvalue weighted by molar-refractivity contribution is 5.86. The molecule has 0 saturated heterocycles. The second-order valence-corrected chi connectivity index (χ2v) is 3.90. The van der Waals surface area contributed by atoms with Crippen molar-refractivity contribution in [1.82, 2.24) is 0 Å². The first-order valence-electron chi connectivity index (χ1n) is 5.31. The van der Waals surface area contributed by atoms with Crippen LogP contribution < -0.4 is 5.73 Å². The maximum atomic E-state index is 12.8. The minimum absolute atomic E-state index is 0.242. The molecule has 0 fully saturated rings. The van der Waals surface area contributed by atoms with E-state index >= 15 is 0 Å².